The average Bonchev–Trinajstić information content (AvgIpc) is 3.40. The van der Waals surface area contributed by atoms with Gasteiger partial charge in [0.2, 0.25) is 0 Å². The van der Waals surface area contributed by atoms with E-state index in [0.29, 0.717) is 25.2 Å². The molecular formula is C28H31NO4. The highest BCUT2D eigenvalue weighted by Crippen LogP contribution is 2.36. The third-order valence-corrected chi connectivity index (χ3v) is 5.92. The van der Waals surface area contributed by atoms with E-state index in [-0.39, 0.29) is 12.6 Å². The highest BCUT2D eigenvalue weighted by Gasteiger charge is 2.14. The lowest BCUT2D eigenvalue weighted by Crippen LogP contribution is -2.17. The number of ether oxygens (including phenoxy) is 2. The molecule has 5 nitrogen and oxygen atoms in total. The first kappa shape index (κ1) is 22.9. The normalized spacial score (nSPS) is 13.2. The van der Waals surface area contributed by atoms with E-state index in [1.165, 1.54) is 18.5 Å². The highest BCUT2D eigenvalue weighted by molar-refractivity contribution is 5.90. The number of anilines is 1. The van der Waals surface area contributed by atoms with E-state index >= 15 is 0 Å². The second-order valence-corrected chi connectivity index (χ2v) is 8.18. The van der Waals surface area contributed by atoms with Crippen LogP contribution in [0.25, 0.3) is 22.3 Å². The molecule has 5 heteroatoms. The summed E-state index contributed by atoms with van der Waals surface area (Å²) in [5.41, 5.74) is 5.94. The standard InChI is InChI=1S/C28H31NO4/c1-2-32-28(31)23-8-6-21(7-9-23)24-12-15-27(33-19-5-18-30)26(20-24)22-10-13-25(14-11-22)29-16-3-4-17-29/h6-15,20,30H,2-5,16-19H2,1H3. The molecule has 1 heterocycles. The zero-order valence-electron chi connectivity index (χ0n) is 19.1. The van der Waals surface area contributed by atoms with Crippen LogP contribution in [0.1, 0.15) is 36.5 Å². The summed E-state index contributed by atoms with van der Waals surface area (Å²) in [5, 5.41) is 9.14. The van der Waals surface area contributed by atoms with Crippen molar-refractivity contribution in [2.45, 2.75) is 26.2 Å². The number of aliphatic hydroxyl groups is 1. The third-order valence-electron chi connectivity index (χ3n) is 5.92. The van der Waals surface area contributed by atoms with Crippen LogP contribution in [0.4, 0.5) is 5.69 Å². The van der Waals surface area contributed by atoms with Crippen LogP contribution in [-0.4, -0.2) is 44.0 Å². The number of benzene rings is 3. The summed E-state index contributed by atoms with van der Waals surface area (Å²) in [4.78, 5) is 14.4. The van der Waals surface area contributed by atoms with Crippen molar-refractivity contribution >= 4 is 11.7 Å². The minimum absolute atomic E-state index is 0.102. The van der Waals surface area contributed by atoms with E-state index in [0.717, 1.165) is 41.1 Å². The molecule has 0 radical (unpaired) electrons. The van der Waals surface area contributed by atoms with E-state index in [2.05, 4.69) is 35.2 Å². The first-order chi connectivity index (χ1) is 16.2. The van der Waals surface area contributed by atoms with Crippen LogP contribution in [0.15, 0.2) is 66.7 Å². The fraction of sp³-hybridized carbons (Fsp3) is 0.321. The maximum absolute atomic E-state index is 12.0. The SMILES string of the molecule is CCOC(=O)c1ccc(-c2ccc(OCCCO)c(-c3ccc(N4CCCC4)cc3)c2)cc1. The molecule has 3 aromatic rings. The van der Waals surface area contributed by atoms with Crippen LogP contribution in [0.3, 0.4) is 0 Å². The molecule has 0 aliphatic carbocycles. The largest absolute Gasteiger partial charge is 0.493 e. The van der Waals surface area contributed by atoms with Gasteiger partial charge in [0.05, 0.1) is 18.8 Å². The first-order valence-corrected chi connectivity index (χ1v) is 11.7. The Morgan fingerprint density at radius 2 is 1.58 bits per heavy atom. The molecule has 1 fully saturated rings. The summed E-state index contributed by atoms with van der Waals surface area (Å²) < 4.78 is 11.1. The van der Waals surface area contributed by atoms with Crippen molar-refractivity contribution in [2.75, 3.05) is 37.8 Å². The lowest BCUT2D eigenvalue weighted by molar-refractivity contribution is 0.0526. The van der Waals surface area contributed by atoms with Gasteiger partial charge in [0.1, 0.15) is 5.75 Å². The van der Waals surface area contributed by atoms with Crippen LogP contribution in [0, 0.1) is 0 Å². The molecule has 0 unspecified atom stereocenters. The molecule has 4 rings (SSSR count). The van der Waals surface area contributed by atoms with Crippen molar-refractivity contribution in [3.05, 3.63) is 72.3 Å². The van der Waals surface area contributed by atoms with Gasteiger partial charge in [-0.25, -0.2) is 4.79 Å². The smallest absolute Gasteiger partial charge is 0.338 e. The molecular weight excluding hydrogens is 414 g/mol. The monoisotopic (exact) mass is 445 g/mol. The number of esters is 1. The fourth-order valence-electron chi connectivity index (χ4n) is 4.15. The molecule has 0 saturated carbocycles. The molecule has 1 aliphatic rings. The van der Waals surface area contributed by atoms with Crippen molar-refractivity contribution in [1.29, 1.82) is 0 Å². The molecule has 1 aliphatic heterocycles. The van der Waals surface area contributed by atoms with Gasteiger partial charge in [-0.05, 0) is 72.9 Å². The predicted molar refractivity (Wildman–Crippen MR) is 132 cm³/mol. The van der Waals surface area contributed by atoms with Gasteiger partial charge in [-0.3, -0.25) is 0 Å². The Labute approximate surface area is 195 Å². The lowest BCUT2D eigenvalue weighted by atomic mass is 9.97. The topological polar surface area (TPSA) is 59.0 Å². The van der Waals surface area contributed by atoms with Gasteiger partial charge in [0, 0.05) is 37.4 Å². The quantitative estimate of drug-likeness (QED) is 0.345. The number of hydrogen-bond donors (Lipinski definition) is 1. The Bertz CT molecular complexity index is 1050. The number of carbonyl (C=O) groups is 1. The predicted octanol–water partition coefficient (Wildman–Crippen LogP) is 5.56. The van der Waals surface area contributed by atoms with Crippen molar-refractivity contribution in [3.63, 3.8) is 0 Å². The van der Waals surface area contributed by atoms with Crippen LogP contribution in [-0.2, 0) is 4.74 Å². The van der Waals surface area contributed by atoms with Gasteiger partial charge in [0.25, 0.3) is 0 Å². The Kier molecular flexibility index (Phi) is 7.63. The maximum atomic E-state index is 12.0. The summed E-state index contributed by atoms with van der Waals surface area (Å²) in [6, 6.07) is 22.3. The molecule has 0 bridgehead atoms. The maximum Gasteiger partial charge on any atom is 0.338 e. The molecule has 1 N–H and O–H groups in total. The zero-order chi connectivity index (χ0) is 23.0. The van der Waals surface area contributed by atoms with Gasteiger partial charge in [-0.15, -0.1) is 0 Å². The summed E-state index contributed by atoms with van der Waals surface area (Å²) in [6.45, 7) is 4.96. The summed E-state index contributed by atoms with van der Waals surface area (Å²) in [5.74, 6) is 0.486. The Balaban J connectivity index is 1.63. The van der Waals surface area contributed by atoms with Crippen molar-refractivity contribution in [1.82, 2.24) is 0 Å². The zero-order valence-corrected chi connectivity index (χ0v) is 19.1. The van der Waals surface area contributed by atoms with Crippen LogP contribution >= 0.6 is 0 Å². The average molecular weight is 446 g/mol. The molecule has 0 aromatic heterocycles. The second kappa shape index (κ2) is 11.0. The van der Waals surface area contributed by atoms with Crippen molar-refractivity contribution in [3.8, 4) is 28.0 Å². The number of carbonyl (C=O) groups excluding carboxylic acids is 1. The number of nitrogens with zero attached hydrogens (tertiary/aromatic N) is 1. The minimum atomic E-state index is -0.310. The van der Waals surface area contributed by atoms with Gasteiger partial charge < -0.3 is 19.5 Å². The third kappa shape index (κ3) is 5.55. The second-order valence-electron chi connectivity index (χ2n) is 8.18. The molecule has 0 atom stereocenters. The van der Waals surface area contributed by atoms with E-state index in [1.807, 2.05) is 24.3 Å². The van der Waals surface area contributed by atoms with E-state index in [1.54, 1.807) is 19.1 Å². The summed E-state index contributed by atoms with van der Waals surface area (Å²) in [7, 11) is 0. The number of rotatable bonds is 9. The molecule has 0 amide bonds. The molecule has 1 saturated heterocycles. The molecule has 33 heavy (non-hydrogen) atoms. The van der Waals surface area contributed by atoms with Crippen LogP contribution in [0.2, 0.25) is 0 Å². The molecule has 0 spiro atoms. The summed E-state index contributed by atoms with van der Waals surface area (Å²) in [6.07, 6.45) is 3.09. The van der Waals surface area contributed by atoms with E-state index < -0.39 is 0 Å². The van der Waals surface area contributed by atoms with E-state index in [4.69, 9.17) is 14.6 Å². The van der Waals surface area contributed by atoms with Gasteiger partial charge in [-0.2, -0.15) is 0 Å². The lowest BCUT2D eigenvalue weighted by Gasteiger charge is -2.18. The Morgan fingerprint density at radius 1 is 0.909 bits per heavy atom. The van der Waals surface area contributed by atoms with Crippen molar-refractivity contribution < 1.29 is 19.4 Å². The highest BCUT2D eigenvalue weighted by atomic mass is 16.5. The van der Waals surface area contributed by atoms with Crippen LogP contribution in [0.5, 0.6) is 5.75 Å². The molecule has 172 valence electrons. The Hall–Kier alpha value is -3.31. The first-order valence-electron chi connectivity index (χ1n) is 11.7. The van der Waals surface area contributed by atoms with Gasteiger partial charge in [0.15, 0.2) is 0 Å². The Morgan fingerprint density at radius 3 is 2.24 bits per heavy atom. The number of aliphatic hydroxyl groups excluding tert-OH is 1. The molecule has 3 aromatic carbocycles. The van der Waals surface area contributed by atoms with Gasteiger partial charge >= 0.3 is 5.97 Å². The van der Waals surface area contributed by atoms with Gasteiger partial charge in [-0.1, -0.05) is 30.3 Å². The van der Waals surface area contributed by atoms with Crippen molar-refractivity contribution in [2.24, 2.45) is 0 Å². The fourth-order valence-corrected chi connectivity index (χ4v) is 4.15. The van der Waals surface area contributed by atoms with E-state index in [9.17, 15) is 4.79 Å². The minimum Gasteiger partial charge on any atom is -0.493 e. The van der Waals surface area contributed by atoms with Crippen LogP contribution < -0.4 is 9.64 Å². The number of hydrogen-bond acceptors (Lipinski definition) is 5. The summed E-state index contributed by atoms with van der Waals surface area (Å²) >= 11 is 0.